The molecule has 3 heterocycles. The van der Waals surface area contributed by atoms with Gasteiger partial charge in [-0.05, 0) is 32.1 Å². The molecule has 1 N–H and O–H groups in total. The van der Waals surface area contributed by atoms with E-state index in [0.29, 0.717) is 26.1 Å². The van der Waals surface area contributed by atoms with Crippen LogP contribution in [0.15, 0.2) is 0 Å². The van der Waals surface area contributed by atoms with Gasteiger partial charge in [-0.1, -0.05) is 0 Å². The van der Waals surface area contributed by atoms with E-state index in [2.05, 4.69) is 5.32 Å². The van der Waals surface area contributed by atoms with E-state index in [1.54, 1.807) is 0 Å². The van der Waals surface area contributed by atoms with Crippen LogP contribution in [0.25, 0.3) is 0 Å². The molecule has 0 bridgehead atoms. The van der Waals surface area contributed by atoms with Crippen molar-refractivity contribution < 1.29 is 14.4 Å². The average molecular weight is 307 g/mol. The van der Waals surface area contributed by atoms with Gasteiger partial charge in [0.25, 0.3) is 0 Å². The summed E-state index contributed by atoms with van der Waals surface area (Å²) >= 11 is 0. The van der Waals surface area contributed by atoms with Gasteiger partial charge in [-0.3, -0.25) is 14.4 Å². The van der Waals surface area contributed by atoms with Crippen molar-refractivity contribution in [3.05, 3.63) is 0 Å². The molecule has 0 aromatic heterocycles. The molecule has 3 saturated heterocycles. The molecule has 3 aliphatic rings. The summed E-state index contributed by atoms with van der Waals surface area (Å²) in [6.07, 6.45) is 5.29. The summed E-state index contributed by atoms with van der Waals surface area (Å²) < 4.78 is 0. The fourth-order valence-electron chi connectivity index (χ4n) is 3.76. The Balaban J connectivity index is 1.48. The second-order valence-electron chi connectivity index (χ2n) is 6.69. The van der Waals surface area contributed by atoms with Crippen LogP contribution in [-0.2, 0) is 14.4 Å². The minimum absolute atomic E-state index is 0.0338. The van der Waals surface area contributed by atoms with E-state index in [1.165, 1.54) is 6.42 Å². The summed E-state index contributed by atoms with van der Waals surface area (Å²) in [5.41, 5.74) is 0. The van der Waals surface area contributed by atoms with E-state index in [1.807, 2.05) is 9.80 Å². The van der Waals surface area contributed by atoms with E-state index in [9.17, 15) is 14.4 Å². The van der Waals surface area contributed by atoms with Crippen molar-refractivity contribution in [2.75, 3.05) is 32.7 Å². The van der Waals surface area contributed by atoms with Gasteiger partial charge in [0.2, 0.25) is 17.7 Å². The zero-order chi connectivity index (χ0) is 15.5. The molecule has 0 aliphatic carbocycles. The first-order valence-corrected chi connectivity index (χ1v) is 8.49. The number of nitrogens with one attached hydrogen (secondary N) is 1. The minimum Gasteiger partial charge on any atom is -0.355 e. The Labute approximate surface area is 131 Å². The highest BCUT2D eigenvalue weighted by atomic mass is 16.2. The molecule has 0 spiro atoms. The lowest BCUT2D eigenvalue weighted by molar-refractivity contribution is -0.143. The fourth-order valence-corrected chi connectivity index (χ4v) is 3.76. The van der Waals surface area contributed by atoms with Crippen LogP contribution in [0.5, 0.6) is 0 Å². The molecule has 3 rings (SSSR count). The number of amides is 3. The molecule has 3 amide bonds. The third-order valence-electron chi connectivity index (χ3n) is 5.15. The van der Waals surface area contributed by atoms with Crippen molar-refractivity contribution >= 4 is 17.7 Å². The maximum absolute atomic E-state index is 12.5. The van der Waals surface area contributed by atoms with E-state index in [0.717, 1.165) is 38.8 Å². The first kappa shape index (κ1) is 15.3. The number of hydrogen-bond donors (Lipinski definition) is 1. The maximum Gasteiger partial charge on any atom is 0.227 e. The molecule has 122 valence electrons. The topological polar surface area (TPSA) is 69.7 Å². The second-order valence-corrected chi connectivity index (χ2v) is 6.69. The largest absolute Gasteiger partial charge is 0.355 e. The summed E-state index contributed by atoms with van der Waals surface area (Å²) in [5.74, 6) is 0.188. The van der Waals surface area contributed by atoms with Crippen molar-refractivity contribution in [2.24, 2.45) is 11.8 Å². The fraction of sp³-hybridized carbons (Fsp3) is 0.812. The maximum atomic E-state index is 12.5. The van der Waals surface area contributed by atoms with Gasteiger partial charge < -0.3 is 15.1 Å². The first-order valence-electron chi connectivity index (χ1n) is 8.49. The van der Waals surface area contributed by atoms with Crippen molar-refractivity contribution in [1.29, 1.82) is 0 Å². The highest BCUT2D eigenvalue weighted by molar-refractivity contribution is 5.89. The number of carbonyl (C=O) groups is 3. The van der Waals surface area contributed by atoms with Gasteiger partial charge in [-0.15, -0.1) is 0 Å². The van der Waals surface area contributed by atoms with Gasteiger partial charge in [0, 0.05) is 45.1 Å². The smallest absolute Gasteiger partial charge is 0.227 e. The molecule has 6 heteroatoms. The number of likely N-dealkylation sites (tertiary alicyclic amines) is 2. The second kappa shape index (κ2) is 6.67. The molecule has 1 unspecified atom stereocenters. The highest BCUT2D eigenvalue weighted by Gasteiger charge is 2.35. The number of carbonyl (C=O) groups excluding carboxylic acids is 3. The predicted octanol–water partition coefficient (Wildman–Crippen LogP) is 0.374. The molecule has 0 saturated carbocycles. The number of rotatable bonds is 2. The zero-order valence-electron chi connectivity index (χ0n) is 13.1. The van der Waals surface area contributed by atoms with E-state index in [4.69, 9.17) is 0 Å². The third-order valence-corrected chi connectivity index (χ3v) is 5.15. The van der Waals surface area contributed by atoms with E-state index in [-0.39, 0.29) is 29.6 Å². The molecule has 22 heavy (non-hydrogen) atoms. The standard InChI is InChI=1S/C16H25N3O3/c20-14-10-13(11-17-14)16(22)19-8-4-12(5-9-19)15(21)18-6-2-1-3-7-18/h12-13H,1-11H2,(H,17,20). The van der Waals surface area contributed by atoms with E-state index >= 15 is 0 Å². The minimum atomic E-state index is -0.207. The van der Waals surface area contributed by atoms with Crippen LogP contribution >= 0.6 is 0 Å². The monoisotopic (exact) mass is 307 g/mol. The van der Waals surface area contributed by atoms with Gasteiger partial charge in [0.1, 0.15) is 0 Å². The number of piperidine rings is 2. The van der Waals surface area contributed by atoms with Crippen LogP contribution in [0.4, 0.5) is 0 Å². The van der Waals surface area contributed by atoms with E-state index < -0.39 is 0 Å². The number of hydrogen-bond acceptors (Lipinski definition) is 3. The summed E-state index contributed by atoms with van der Waals surface area (Å²) in [5, 5.41) is 2.71. The summed E-state index contributed by atoms with van der Waals surface area (Å²) in [6.45, 7) is 3.55. The van der Waals surface area contributed by atoms with Crippen LogP contribution in [0.3, 0.4) is 0 Å². The average Bonchev–Trinajstić information content (AvgIpc) is 3.01. The summed E-state index contributed by atoms with van der Waals surface area (Å²) in [4.78, 5) is 39.9. The van der Waals surface area contributed by atoms with Crippen molar-refractivity contribution in [1.82, 2.24) is 15.1 Å². The Morgan fingerprint density at radius 2 is 1.45 bits per heavy atom. The summed E-state index contributed by atoms with van der Waals surface area (Å²) in [6, 6.07) is 0. The van der Waals surface area contributed by atoms with Gasteiger partial charge in [-0.2, -0.15) is 0 Å². The number of nitrogens with zero attached hydrogens (tertiary/aromatic N) is 2. The van der Waals surface area contributed by atoms with Crippen LogP contribution in [-0.4, -0.2) is 60.2 Å². The van der Waals surface area contributed by atoms with Gasteiger partial charge in [-0.25, -0.2) is 0 Å². The third kappa shape index (κ3) is 3.25. The Hall–Kier alpha value is -1.59. The van der Waals surface area contributed by atoms with Gasteiger partial charge in [0.05, 0.1) is 5.92 Å². The Morgan fingerprint density at radius 1 is 0.864 bits per heavy atom. The van der Waals surface area contributed by atoms with Crippen molar-refractivity contribution in [3.63, 3.8) is 0 Å². The first-order chi connectivity index (χ1) is 10.6. The van der Waals surface area contributed by atoms with Crippen molar-refractivity contribution in [2.45, 2.75) is 38.5 Å². The van der Waals surface area contributed by atoms with Crippen LogP contribution in [0, 0.1) is 11.8 Å². The Morgan fingerprint density at radius 3 is 2.05 bits per heavy atom. The molecule has 0 aromatic carbocycles. The van der Waals surface area contributed by atoms with Crippen LogP contribution in [0.1, 0.15) is 38.5 Å². The van der Waals surface area contributed by atoms with Crippen molar-refractivity contribution in [3.8, 4) is 0 Å². The van der Waals surface area contributed by atoms with Gasteiger partial charge >= 0.3 is 0 Å². The van der Waals surface area contributed by atoms with Crippen LogP contribution < -0.4 is 5.32 Å². The molecular formula is C16H25N3O3. The van der Waals surface area contributed by atoms with Crippen LogP contribution in [0.2, 0.25) is 0 Å². The zero-order valence-corrected chi connectivity index (χ0v) is 13.1. The molecular weight excluding hydrogens is 282 g/mol. The molecule has 1 atom stereocenters. The molecule has 3 aliphatic heterocycles. The lowest BCUT2D eigenvalue weighted by atomic mass is 9.93. The highest BCUT2D eigenvalue weighted by Crippen LogP contribution is 2.24. The molecule has 0 radical (unpaired) electrons. The van der Waals surface area contributed by atoms with Gasteiger partial charge in [0.15, 0.2) is 0 Å². The predicted molar refractivity (Wildman–Crippen MR) is 80.9 cm³/mol. The SMILES string of the molecule is O=C1CC(C(=O)N2CCC(C(=O)N3CCCCC3)CC2)CN1. The molecule has 0 aromatic rings. The Bertz CT molecular complexity index is 452. The quantitative estimate of drug-likeness (QED) is 0.801. The lowest BCUT2D eigenvalue weighted by Gasteiger charge is -2.36. The molecule has 3 fully saturated rings. The summed E-state index contributed by atoms with van der Waals surface area (Å²) in [7, 11) is 0. The lowest BCUT2D eigenvalue weighted by Crippen LogP contribution is -2.47. The normalized spacial score (nSPS) is 26.9. The Kier molecular flexibility index (Phi) is 4.64. The molecule has 6 nitrogen and oxygen atoms in total.